The summed E-state index contributed by atoms with van der Waals surface area (Å²) in [5.74, 6) is -0.880. The Bertz CT molecular complexity index is 992. The molecule has 2 N–H and O–H groups in total. The molecular formula is C22H23FN2O2. The molecule has 3 rings (SSSR count). The second kappa shape index (κ2) is 8.94. The maximum absolute atomic E-state index is 13.1. The van der Waals surface area contributed by atoms with Crippen LogP contribution in [0.15, 0.2) is 65.6 Å². The molecule has 0 saturated heterocycles. The van der Waals surface area contributed by atoms with Gasteiger partial charge in [-0.3, -0.25) is 14.2 Å². The molecule has 4 nitrogen and oxygen atoms in total. The Morgan fingerprint density at radius 3 is 2.30 bits per heavy atom. The molecule has 0 saturated carbocycles. The third-order valence-corrected chi connectivity index (χ3v) is 3.82. The molecule has 0 spiro atoms. The third-order valence-electron chi connectivity index (χ3n) is 3.82. The van der Waals surface area contributed by atoms with Crippen LogP contribution in [0.5, 0.6) is 0 Å². The number of nitrogens with zero attached hydrogens (tertiary/aromatic N) is 1. The quantitative estimate of drug-likeness (QED) is 0.743. The lowest BCUT2D eigenvalue weighted by Crippen LogP contribution is -2.19. The van der Waals surface area contributed by atoms with Crippen LogP contribution in [-0.4, -0.2) is 10.5 Å². The highest BCUT2D eigenvalue weighted by molar-refractivity contribution is 5.93. The first-order valence-corrected chi connectivity index (χ1v) is 8.76. The maximum Gasteiger partial charge on any atom is 0.255 e. The van der Waals surface area contributed by atoms with Gasteiger partial charge >= 0.3 is 0 Å². The van der Waals surface area contributed by atoms with Crippen LogP contribution >= 0.6 is 0 Å². The van der Waals surface area contributed by atoms with Gasteiger partial charge in [0.15, 0.2) is 0 Å². The van der Waals surface area contributed by atoms with E-state index in [1.54, 1.807) is 42.6 Å². The first kappa shape index (κ1) is 20.1. The number of hydrogen-bond donors (Lipinski definition) is 1. The fourth-order valence-electron chi connectivity index (χ4n) is 2.57. The van der Waals surface area contributed by atoms with Crippen LogP contribution in [0.3, 0.4) is 0 Å². The van der Waals surface area contributed by atoms with Gasteiger partial charge in [-0.05, 0) is 48.4 Å². The average molecular weight is 366 g/mol. The van der Waals surface area contributed by atoms with Crippen LogP contribution in [0.2, 0.25) is 0 Å². The Balaban J connectivity index is 0.000000817. The van der Waals surface area contributed by atoms with Gasteiger partial charge in [-0.2, -0.15) is 0 Å². The number of aromatic nitrogens is 1. The normalized spacial score (nSPS) is 10.1. The number of carbonyl (C=O) groups is 1. The second-order valence-electron chi connectivity index (χ2n) is 6.21. The number of rotatable bonds is 3. The molecule has 1 aromatic heterocycles. The van der Waals surface area contributed by atoms with Gasteiger partial charge in [0.05, 0.1) is 0 Å². The molecule has 1 heterocycles. The van der Waals surface area contributed by atoms with E-state index in [1.807, 2.05) is 6.92 Å². The van der Waals surface area contributed by atoms with Gasteiger partial charge in [-0.15, -0.1) is 0 Å². The molecule has 0 aliphatic heterocycles. The van der Waals surface area contributed by atoms with E-state index in [4.69, 9.17) is 5.73 Å². The SMILES string of the molecule is CCC.Cc1cc(=O)n(-c2cccc(C(N)=O)c2)cc1-c1ccc(F)cc1. The molecule has 0 aliphatic carbocycles. The van der Waals surface area contributed by atoms with Crippen molar-refractivity contribution < 1.29 is 9.18 Å². The minimum absolute atomic E-state index is 0.222. The third kappa shape index (κ3) is 4.91. The van der Waals surface area contributed by atoms with Gasteiger partial charge in [-0.25, -0.2) is 4.39 Å². The zero-order valence-corrected chi connectivity index (χ0v) is 15.7. The Morgan fingerprint density at radius 1 is 1.07 bits per heavy atom. The Hall–Kier alpha value is -3.21. The van der Waals surface area contributed by atoms with E-state index in [0.29, 0.717) is 11.3 Å². The van der Waals surface area contributed by atoms with Crippen molar-refractivity contribution in [2.24, 2.45) is 5.73 Å². The van der Waals surface area contributed by atoms with Crippen LogP contribution in [-0.2, 0) is 0 Å². The Labute approximate surface area is 158 Å². The molecule has 0 atom stereocenters. The van der Waals surface area contributed by atoms with Gasteiger partial charge in [-0.1, -0.05) is 38.5 Å². The van der Waals surface area contributed by atoms with Gasteiger partial charge in [0.2, 0.25) is 5.91 Å². The monoisotopic (exact) mass is 366 g/mol. The highest BCUT2D eigenvalue weighted by Crippen LogP contribution is 2.23. The highest BCUT2D eigenvalue weighted by Gasteiger charge is 2.09. The number of aryl methyl sites for hydroxylation is 1. The van der Waals surface area contributed by atoms with Crippen molar-refractivity contribution in [3.05, 3.63) is 88.1 Å². The minimum atomic E-state index is -0.559. The van der Waals surface area contributed by atoms with Gasteiger partial charge in [0, 0.05) is 29.1 Å². The second-order valence-corrected chi connectivity index (χ2v) is 6.21. The van der Waals surface area contributed by atoms with E-state index in [2.05, 4.69) is 13.8 Å². The number of nitrogens with two attached hydrogens (primary N) is 1. The predicted octanol–water partition coefficient (Wildman–Crippen LogP) is 4.47. The molecule has 0 radical (unpaired) electrons. The van der Waals surface area contributed by atoms with Crippen molar-refractivity contribution in [1.29, 1.82) is 0 Å². The summed E-state index contributed by atoms with van der Waals surface area (Å²) in [5, 5.41) is 0. The van der Waals surface area contributed by atoms with E-state index in [9.17, 15) is 14.0 Å². The topological polar surface area (TPSA) is 65.1 Å². The van der Waals surface area contributed by atoms with Crippen molar-refractivity contribution in [2.75, 3.05) is 0 Å². The summed E-state index contributed by atoms with van der Waals surface area (Å²) >= 11 is 0. The van der Waals surface area contributed by atoms with Crippen molar-refractivity contribution >= 4 is 5.91 Å². The molecule has 0 fully saturated rings. The molecule has 1 amide bonds. The van der Waals surface area contributed by atoms with E-state index in [-0.39, 0.29) is 11.4 Å². The maximum atomic E-state index is 13.1. The number of hydrogen-bond acceptors (Lipinski definition) is 2. The van der Waals surface area contributed by atoms with Crippen molar-refractivity contribution in [3.8, 4) is 16.8 Å². The summed E-state index contributed by atoms with van der Waals surface area (Å²) in [4.78, 5) is 23.7. The lowest BCUT2D eigenvalue weighted by Gasteiger charge is -2.12. The molecular weight excluding hydrogens is 343 g/mol. The molecule has 2 aromatic carbocycles. The Morgan fingerprint density at radius 2 is 1.70 bits per heavy atom. The van der Waals surface area contributed by atoms with Gasteiger partial charge in [0.25, 0.3) is 5.56 Å². The molecule has 0 unspecified atom stereocenters. The minimum Gasteiger partial charge on any atom is -0.366 e. The summed E-state index contributed by atoms with van der Waals surface area (Å²) in [6, 6.07) is 14.1. The molecule has 27 heavy (non-hydrogen) atoms. The van der Waals surface area contributed by atoms with Crippen LogP contribution in [0.1, 0.15) is 36.2 Å². The number of amides is 1. The zero-order valence-electron chi connectivity index (χ0n) is 15.7. The zero-order chi connectivity index (χ0) is 20.0. The van der Waals surface area contributed by atoms with Crippen LogP contribution in [0.4, 0.5) is 4.39 Å². The fourth-order valence-corrected chi connectivity index (χ4v) is 2.57. The number of carbonyl (C=O) groups excluding carboxylic acids is 1. The first-order chi connectivity index (χ1) is 12.9. The van der Waals surface area contributed by atoms with E-state index in [0.717, 1.165) is 16.7 Å². The van der Waals surface area contributed by atoms with E-state index in [1.165, 1.54) is 29.2 Å². The molecule has 3 aromatic rings. The summed E-state index contributed by atoms with van der Waals surface area (Å²) in [7, 11) is 0. The lowest BCUT2D eigenvalue weighted by molar-refractivity contribution is 0.1000. The van der Waals surface area contributed by atoms with Crippen LogP contribution < -0.4 is 11.3 Å². The molecule has 0 aliphatic rings. The highest BCUT2D eigenvalue weighted by atomic mass is 19.1. The largest absolute Gasteiger partial charge is 0.366 e. The number of benzene rings is 2. The lowest BCUT2D eigenvalue weighted by atomic mass is 10.0. The van der Waals surface area contributed by atoms with Gasteiger partial charge in [0.1, 0.15) is 5.82 Å². The number of halogens is 1. The first-order valence-electron chi connectivity index (χ1n) is 8.76. The molecule has 140 valence electrons. The number of pyridine rings is 1. The average Bonchev–Trinajstić information content (AvgIpc) is 2.63. The Kier molecular flexibility index (Phi) is 6.66. The van der Waals surface area contributed by atoms with Crippen LogP contribution in [0.25, 0.3) is 16.8 Å². The van der Waals surface area contributed by atoms with Crippen LogP contribution in [0, 0.1) is 12.7 Å². The summed E-state index contributed by atoms with van der Waals surface area (Å²) in [5.41, 5.74) is 8.33. The summed E-state index contributed by atoms with van der Waals surface area (Å²) in [6.45, 7) is 6.07. The smallest absolute Gasteiger partial charge is 0.255 e. The van der Waals surface area contributed by atoms with E-state index < -0.39 is 5.91 Å². The predicted molar refractivity (Wildman–Crippen MR) is 107 cm³/mol. The fraction of sp³-hybridized carbons (Fsp3) is 0.182. The van der Waals surface area contributed by atoms with Crippen molar-refractivity contribution in [3.63, 3.8) is 0 Å². The standard InChI is InChI=1S/C19H15FN2O2.C3H8/c1-12-9-18(23)22(16-4-2-3-14(10-16)19(21)24)11-17(12)13-5-7-15(20)8-6-13;1-3-2/h2-11H,1H3,(H2,21,24);3H2,1-2H3. The number of primary amides is 1. The molecule has 0 bridgehead atoms. The summed E-state index contributed by atoms with van der Waals surface area (Å²) < 4.78 is 14.6. The van der Waals surface area contributed by atoms with E-state index >= 15 is 0 Å². The summed E-state index contributed by atoms with van der Waals surface area (Å²) in [6.07, 6.45) is 2.94. The van der Waals surface area contributed by atoms with Crippen molar-refractivity contribution in [2.45, 2.75) is 27.2 Å². The van der Waals surface area contributed by atoms with Gasteiger partial charge < -0.3 is 5.73 Å². The molecule has 5 heteroatoms. The van der Waals surface area contributed by atoms with Crippen molar-refractivity contribution in [1.82, 2.24) is 4.57 Å².